The van der Waals surface area contributed by atoms with Gasteiger partial charge in [-0.3, -0.25) is 0 Å². The molecule has 0 radical (unpaired) electrons. The highest BCUT2D eigenvalue weighted by molar-refractivity contribution is 4.88. The van der Waals surface area contributed by atoms with Gasteiger partial charge in [-0.15, -0.1) is 0 Å². The molecule has 0 spiro atoms. The maximum Gasteiger partial charge on any atom is 0.391 e. The Labute approximate surface area is 64.1 Å². The predicted molar refractivity (Wildman–Crippen MR) is 37.2 cm³/mol. The lowest BCUT2D eigenvalue weighted by molar-refractivity contribution is -0.177. The largest absolute Gasteiger partial charge is 0.391 e. The van der Waals surface area contributed by atoms with Gasteiger partial charge >= 0.3 is 6.18 Å². The topological polar surface area (TPSA) is 0 Å². The molecule has 0 aromatic rings. The lowest BCUT2D eigenvalue weighted by atomic mass is 10.00. The van der Waals surface area contributed by atoms with Crippen molar-refractivity contribution < 1.29 is 13.2 Å². The van der Waals surface area contributed by atoms with Gasteiger partial charge in [0.25, 0.3) is 0 Å². The van der Waals surface area contributed by atoms with Crippen LogP contribution in [0.2, 0.25) is 0 Å². The van der Waals surface area contributed by atoms with Gasteiger partial charge in [0, 0.05) is 0 Å². The average molecular weight is 164 g/mol. The second-order valence-electron chi connectivity index (χ2n) is 2.86. The van der Waals surface area contributed by atoms with Gasteiger partial charge in [-0.1, -0.05) is 12.2 Å². The van der Waals surface area contributed by atoms with E-state index >= 15 is 0 Å². The average Bonchev–Trinajstić information content (AvgIpc) is 2.10. The molecule has 1 aliphatic rings. The van der Waals surface area contributed by atoms with Crippen molar-refractivity contribution in [2.45, 2.75) is 31.9 Å². The molecule has 0 amide bonds. The van der Waals surface area contributed by atoms with Gasteiger partial charge in [-0.2, -0.15) is 13.2 Å². The zero-order chi connectivity index (χ0) is 8.32. The van der Waals surface area contributed by atoms with E-state index < -0.39 is 12.1 Å². The standard InChI is InChI=1S/C8H11F3/c9-8(10,11)7-5-3-1-2-4-6-7/h1-2,7H,3-6H2. The van der Waals surface area contributed by atoms with Crippen molar-refractivity contribution in [3.8, 4) is 0 Å². The molecule has 0 aliphatic heterocycles. The van der Waals surface area contributed by atoms with Crippen LogP contribution in [0.15, 0.2) is 12.2 Å². The summed E-state index contributed by atoms with van der Waals surface area (Å²) in [4.78, 5) is 0. The van der Waals surface area contributed by atoms with E-state index in [2.05, 4.69) is 0 Å². The third kappa shape index (κ3) is 2.56. The third-order valence-corrected chi connectivity index (χ3v) is 1.99. The minimum absolute atomic E-state index is 0.264. The van der Waals surface area contributed by atoms with Crippen LogP contribution in [0.25, 0.3) is 0 Å². The normalized spacial score (nSPS) is 21.7. The van der Waals surface area contributed by atoms with E-state index in [1.54, 1.807) is 0 Å². The van der Waals surface area contributed by atoms with E-state index in [0.717, 1.165) is 0 Å². The van der Waals surface area contributed by atoms with Crippen molar-refractivity contribution in [2.24, 2.45) is 5.92 Å². The molecule has 1 aliphatic carbocycles. The first kappa shape index (κ1) is 8.62. The van der Waals surface area contributed by atoms with Gasteiger partial charge in [0.05, 0.1) is 5.92 Å². The smallest absolute Gasteiger partial charge is 0.171 e. The molecule has 1 rings (SSSR count). The molecule has 0 nitrogen and oxygen atoms in total. The monoisotopic (exact) mass is 164 g/mol. The fourth-order valence-corrected chi connectivity index (χ4v) is 1.30. The number of rotatable bonds is 0. The first-order valence-electron chi connectivity index (χ1n) is 3.82. The van der Waals surface area contributed by atoms with Crippen LogP contribution < -0.4 is 0 Å². The van der Waals surface area contributed by atoms with E-state index in [-0.39, 0.29) is 12.8 Å². The molecule has 11 heavy (non-hydrogen) atoms. The lowest BCUT2D eigenvalue weighted by Crippen LogP contribution is -2.21. The summed E-state index contributed by atoms with van der Waals surface area (Å²) >= 11 is 0. The fourth-order valence-electron chi connectivity index (χ4n) is 1.30. The molecule has 0 unspecified atom stereocenters. The Bertz CT molecular complexity index is 136. The SMILES string of the molecule is FC(F)(F)C1CCC=CCC1. The number of hydrogen-bond donors (Lipinski definition) is 0. The minimum atomic E-state index is -3.98. The molecular weight excluding hydrogens is 153 g/mol. The summed E-state index contributed by atoms with van der Waals surface area (Å²) in [6.07, 6.45) is 1.37. The molecule has 64 valence electrons. The highest BCUT2D eigenvalue weighted by Gasteiger charge is 2.38. The summed E-state index contributed by atoms with van der Waals surface area (Å²) < 4.78 is 36.3. The maximum atomic E-state index is 12.1. The number of halogens is 3. The van der Waals surface area contributed by atoms with Gasteiger partial charge in [0.2, 0.25) is 0 Å². The predicted octanol–water partition coefficient (Wildman–Crippen LogP) is 3.30. The molecule has 0 atom stereocenters. The van der Waals surface area contributed by atoms with Crippen LogP contribution in [0.4, 0.5) is 13.2 Å². The lowest BCUT2D eigenvalue weighted by Gasteiger charge is -2.17. The fraction of sp³-hybridized carbons (Fsp3) is 0.750. The number of hydrogen-bond acceptors (Lipinski definition) is 0. The molecule has 0 saturated heterocycles. The molecule has 0 saturated carbocycles. The Balaban J connectivity index is 2.47. The van der Waals surface area contributed by atoms with Crippen molar-refractivity contribution in [3.05, 3.63) is 12.2 Å². The number of allylic oxidation sites excluding steroid dienone is 2. The van der Waals surface area contributed by atoms with E-state index in [9.17, 15) is 13.2 Å². The third-order valence-electron chi connectivity index (χ3n) is 1.99. The van der Waals surface area contributed by atoms with Crippen LogP contribution in [-0.2, 0) is 0 Å². The van der Waals surface area contributed by atoms with Gasteiger partial charge in [0.15, 0.2) is 0 Å². The first-order valence-corrected chi connectivity index (χ1v) is 3.82. The molecule has 0 N–H and O–H groups in total. The Hall–Kier alpha value is -0.470. The second-order valence-corrected chi connectivity index (χ2v) is 2.86. The van der Waals surface area contributed by atoms with Crippen LogP contribution >= 0.6 is 0 Å². The van der Waals surface area contributed by atoms with Gasteiger partial charge in [-0.25, -0.2) is 0 Å². The van der Waals surface area contributed by atoms with Crippen LogP contribution in [0.5, 0.6) is 0 Å². The van der Waals surface area contributed by atoms with E-state index in [0.29, 0.717) is 12.8 Å². The van der Waals surface area contributed by atoms with Crippen LogP contribution in [0, 0.1) is 5.92 Å². The molecule has 0 aromatic carbocycles. The van der Waals surface area contributed by atoms with Crippen LogP contribution in [0.1, 0.15) is 25.7 Å². The Kier molecular flexibility index (Phi) is 2.58. The minimum Gasteiger partial charge on any atom is -0.171 e. The summed E-state index contributed by atoms with van der Waals surface area (Å²) in [7, 11) is 0. The van der Waals surface area contributed by atoms with E-state index in [4.69, 9.17) is 0 Å². The molecule has 3 heteroatoms. The Morgan fingerprint density at radius 2 is 1.45 bits per heavy atom. The Morgan fingerprint density at radius 3 is 1.82 bits per heavy atom. The zero-order valence-corrected chi connectivity index (χ0v) is 6.19. The van der Waals surface area contributed by atoms with E-state index in [1.807, 2.05) is 12.2 Å². The summed E-state index contributed by atoms with van der Waals surface area (Å²) in [5, 5.41) is 0. The van der Waals surface area contributed by atoms with Crippen LogP contribution in [0.3, 0.4) is 0 Å². The van der Waals surface area contributed by atoms with Crippen molar-refractivity contribution in [2.75, 3.05) is 0 Å². The maximum absolute atomic E-state index is 12.1. The van der Waals surface area contributed by atoms with Crippen LogP contribution in [-0.4, -0.2) is 6.18 Å². The summed E-state index contributed by atoms with van der Waals surface area (Å²) in [5.41, 5.74) is 0. The van der Waals surface area contributed by atoms with Crippen molar-refractivity contribution >= 4 is 0 Å². The highest BCUT2D eigenvalue weighted by Crippen LogP contribution is 2.34. The first-order chi connectivity index (χ1) is 5.11. The Morgan fingerprint density at radius 1 is 1.00 bits per heavy atom. The number of alkyl halides is 3. The molecular formula is C8H11F3. The second kappa shape index (κ2) is 3.28. The van der Waals surface area contributed by atoms with E-state index in [1.165, 1.54) is 0 Å². The highest BCUT2D eigenvalue weighted by atomic mass is 19.4. The zero-order valence-electron chi connectivity index (χ0n) is 6.19. The summed E-state index contributed by atoms with van der Waals surface area (Å²) in [5.74, 6) is -1.07. The van der Waals surface area contributed by atoms with Gasteiger partial charge < -0.3 is 0 Å². The quantitative estimate of drug-likeness (QED) is 0.482. The molecule has 0 aromatic heterocycles. The molecule has 0 bridgehead atoms. The summed E-state index contributed by atoms with van der Waals surface area (Å²) in [6.45, 7) is 0. The molecule has 0 fully saturated rings. The van der Waals surface area contributed by atoms with Crippen molar-refractivity contribution in [1.82, 2.24) is 0 Å². The molecule has 0 heterocycles. The van der Waals surface area contributed by atoms with Crippen molar-refractivity contribution in [3.63, 3.8) is 0 Å². The summed E-state index contributed by atoms with van der Waals surface area (Å²) in [6, 6.07) is 0. The van der Waals surface area contributed by atoms with Gasteiger partial charge in [0.1, 0.15) is 0 Å². The van der Waals surface area contributed by atoms with Crippen molar-refractivity contribution in [1.29, 1.82) is 0 Å². The van der Waals surface area contributed by atoms with Gasteiger partial charge in [-0.05, 0) is 25.7 Å².